The van der Waals surface area contributed by atoms with Gasteiger partial charge in [0.2, 0.25) is 5.91 Å². The third-order valence-corrected chi connectivity index (χ3v) is 3.24. The molecule has 0 aromatic heterocycles. The van der Waals surface area contributed by atoms with Crippen molar-refractivity contribution in [3.05, 3.63) is 35.9 Å². The third-order valence-electron chi connectivity index (χ3n) is 3.24. The maximum absolute atomic E-state index is 11.7. The Hall–Kier alpha value is -1.35. The summed E-state index contributed by atoms with van der Waals surface area (Å²) in [6.45, 7) is 4.30. The molecule has 0 saturated carbocycles. The fourth-order valence-corrected chi connectivity index (χ4v) is 2.18. The van der Waals surface area contributed by atoms with Crippen molar-refractivity contribution < 1.29 is 4.79 Å². The highest BCUT2D eigenvalue weighted by Crippen LogP contribution is 2.17. The molecule has 1 unspecified atom stereocenters. The van der Waals surface area contributed by atoms with Crippen molar-refractivity contribution >= 4 is 5.91 Å². The van der Waals surface area contributed by atoms with Gasteiger partial charge in [0.1, 0.15) is 0 Å². The molecule has 1 aromatic carbocycles. The molecule has 1 aliphatic heterocycles. The predicted octanol–water partition coefficient (Wildman–Crippen LogP) is 1.96. The van der Waals surface area contributed by atoms with Gasteiger partial charge in [-0.2, -0.15) is 0 Å². The lowest BCUT2D eigenvalue weighted by atomic mass is 10.0. The fourth-order valence-electron chi connectivity index (χ4n) is 2.18. The summed E-state index contributed by atoms with van der Waals surface area (Å²) in [4.78, 5) is 13.7. The Balaban J connectivity index is 2.00. The molecular weight excluding hydrogens is 212 g/mol. The van der Waals surface area contributed by atoms with Crippen LogP contribution in [0.2, 0.25) is 0 Å². The summed E-state index contributed by atoms with van der Waals surface area (Å²) in [6, 6.07) is 10.6. The van der Waals surface area contributed by atoms with Crippen molar-refractivity contribution in [2.24, 2.45) is 0 Å². The molecule has 1 atom stereocenters. The average Bonchev–Trinajstić information content (AvgIpc) is 2.39. The Morgan fingerprint density at radius 1 is 1.35 bits per heavy atom. The lowest BCUT2D eigenvalue weighted by molar-refractivity contribution is -0.133. The normalized spacial score (nSPS) is 20.6. The van der Waals surface area contributed by atoms with Crippen LogP contribution in [0.1, 0.15) is 31.4 Å². The van der Waals surface area contributed by atoms with Gasteiger partial charge in [-0.1, -0.05) is 43.7 Å². The van der Waals surface area contributed by atoms with E-state index in [2.05, 4.69) is 24.4 Å². The van der Waals surface area contributed by atoms with Crippen LogP contribution in [0.25, 0.3) is 0 Å². The number of rotatable bonds is 4. The van der Waals surface area contributed by atoms with Crippen molar-refractivity contribution in [2.75, 3.05) is 19.6 Å². The number of hydrogen-bond donors (Lipinski definition) is 1. The monoisotopic (exact) mass is 232 g/mol. The smallest absolute Gasteiger partial charge is 0.236 e. The minimum absolute atomic E-state index is 0.227. The minimum Gasteiger partial charge on any atom is -0.340 e. The van der Waals surface area contributed by atoms with E-state index < -0.39 is 0 Å². The van der Waals surface area contributed by atoms with Gasteiger partial charge in [0, 0.05) is 13.1 Å². The van der Waals surface area contributed by atoms with Gasteiger partial charge < -0.3 is 4.90 Å². The van der Waals surface area contributed by atoms with Crippen LogP contribution in [0.4, 0.5) is 0 Å². The van der Waals surface area contributed by atoms with E-state index in [1.165, 1.54) is 5.56 Å². The maximum atomic E-state index is 11.7. The second-order valence-corrected chi connectivity index (χ2v) is 4.54. The highest BCUT2D eigenvalue weighted by Gasteiger charge is 2.25. The SMILES string of the molecule is CCCCN1CC(c2ccccc2)NCC1=O. The standard InChI is InChI=1S/C14H20N2O/c1-2-3-9-16-11-13(15-10-14(16)17)12-7-5-4-6-8-12/h4-8,13,15H,2-3,9-11H2,1H3. The quantitative estimate of drug-likeness (QED) is 0.860. The van der Waals surface area contributed by atoms with Gasteiger partial charge in [0.05, 0.1) is 12.6 Å². The molecule has 3 heteroatoms. The zero-order valence-corrected chi connectivity index (χ0v) is 10.4. The van der Waals surface area contributed by atoms with E-state index in [4.69, 9.17) is 0 Å². The minimum atomic E-state index is 0.227. The number of nitrogens with one attached hydrogen (secondary N) is 1. The molecule has 0 spiro atoms. The van der Waals surface area contributed by atoms with E-state index in [9.17, 15) is 4.79 Å². The number of carbonyl (C=O) groups is 1. The van der Waals surface area contributed by atoms with Crippen molar-refractivity contribution in [3.8, 4) is 0 Å². The van der Waals surface area contributed by atoms with Crippen molar-refractivity contribution in [1.29, 1.82) is 0 Å². The molecule has 92 valence electrons. The van der Waals surface area contributed by atoms with Gasteiger partial charge in [0.25, 0.3) is 0 Å². The molecule has 1 heterocycles. The van der Waals surface area contributed by atoms with E-state index >= 15 is 0 Å². The van der Waals surface area contributed by atoms with Crippen LogP contribution < -0.4 is 5.32 Å². The molecule has 1 fully saturated rings. The number of piperazine rings is 1. The van der Waals surface area contributed by atoms with E-state index in [1.807, 2.05) is 23.1 Å². The Labute approximate surface area is 103 Å². The Morgan fingerprint density at radius 3 is 2.82 bits per heavy atom. The molecule has 1 aromatic rings. The summed E-state index contributed by atoms with van der Waals surface area (Å²) in [5, 5.41) is 3.30. The van der Waals surface area contributed by atoms with Crippen LogP contribution in [0.5, 0.6) is 0 Å². The highest BCUT2D eigenvalue weighted by molar-refractivity contribution is 5.79. The first-order chi connectivity index (χ1) is 8.31. The number of amides is 1. The van der Waals surface area contributed by atoms with Crippen molar-refractivity contribution in [3.63, 3.8) is 0 Å². The Kier molecular flexibility index (Phi) is 4.15. The maximum Gasteiger partial charge on any atom is 0.236 e. The summed E-state index contributed by atoms with van der Waals surface area (Å²) in [5.74, 6) is 0.227. The van der Waals surface area contributed by atoms with Gasteiger partial charge in [-0.15, -0.1) is 0 Å². The van der Waals surface area contributed by atoms with Crippen molar-refractivity contribution in [1.82, 2.24) is 10.2 Å². The molecule has 1 aliphatic rings. The second kappa shape index (κ2) is 5.82. The number of benzene rings is 1. The zero-order valence-electron chi connectivity index (χ0n) is 10.4. The lowest BCUT2D eigenvalue weighted by Gasteiger charge is -2.33. The van der Waals surface area contributed by atoms with E-state index in [0.717, 1.165) is 25.9 Å². The molecule has 1 saturated heterocycles. The predicted molar refractivity (Wildman–Crippen MR) is 68.7 cm³/mol. The zero-order chi connectivity index (χ0) is 12.1. The molecular formula is C14H20N2O. The molecule has 0 radical (unpaired) electrons. The fraction of sp³-hybridized carbons (Fsp3) is 0.500. The molecule has 2 rings (SSSR count). The van der Waals surface area contributed by atoms with E-state index in [0.29, 0.717) is 6.54 Å². The van der Waals surface area contributed by atoms with Crippen LogP contribution in [0, 0.1) is 0 Å². The summed E-state index contributed by atoms with van der Waals surface area (Å²) < 4.78 is 0. The van der Waals surface area contributed by atoms with Gasteiger partial charge in [0.15, 0.2) is 0 Å². The number of hydrogen-bond acceptors (Lipinski definition) is 2. The summed E-state index contributed by atoms with van der Waals surface area (Å²) in [7, 11) is 0. The molecule has 1 amide bonds. The van der Waals surface area contributed by atoms with Gasteiger partial charge in [-0.05, 0) is 12.0 Å². The van der Waals surface area contributed by atoms with Gasteiger partial charge in [-0.25, -0.2) is 0 Å². The first kappa shape index (κ1) is 12.1. The molecule has 0 bridgehead atoms. The summed E-state index contributed by atoms with van der Waals surface area (Å²) >= 11 is 0. The average molecular weight is 232 g/mol. The van der Waals surface area contributed by atoms with Crippen LogP contribution in [0.15, 0.2) is 30.3 Å². The van der Waals surface area contributed by atoms with Crippen LogP contribution >= 0.6 is 0 Å². The van der Waals surface area contributed by atoms with Crippen LogP contribution in [-0.2, 0) is 4.79 Å². The number of nitrogens with zero attached hydrogens (tertiary/aromatic N) is 1. The lowest BCUT2D eigenvalue weighted by Crippen LogP contribution is -2.50. The van der Waals surface area contributed by atoms with Gasteiger partial charge >= 0.3 is 0 Å². The van der Waals surface area contributed by atoms with E-state index in [-0.39, 0.29) is 11.9 Å². The largest absolute Gasteiger partial charge is 0.340 e. The Bertz CT molecular complexity index is 364. The highest BCUT2D eigenvalue weighted by atomic mass is 16.2. The van der Waals surface area contributed by atoms with Crippen LogP contribution in [0.3, 0.4) is 0 Å². The number of unbranched alkanes of at least 4 members (excludes halogenated alkanes) is 1. The third kappa shape index (κ3) is 3.07. The molecule has 1 N–H and O–H groups in total. The van der Waals surface area contributed by atoms with E-state index in [1.54, 1.807) is 0 Å². The first-order valence-electron chi connectivity index (χ1n) is 6.37. The summed E-state index contributed by atoms with van der Waals surface area (Å²) in [6.07, 6.45) is 2.22. The second-order valence-electron chi connectivity index (χ2n) is 4.54. The topological polar surface area (TPSA) is 32.3 Å². The molecule has 3 nitrogen and oxygen atoms in total. The van der Waals surface area contributed by atoms with Crippen LogP contribution in [-0.4, -0.2) is 30.4 Å². The molecule has 0 aliphatic carbocycles. The summed E-state index contributed by atoms with van der Waals surface area (Å²) in [5.41, 5.74) is 1.27. The Morgan fingerprint density at radius 2 is 2.12 bits per heavy atom. The number of carbonyl (C=O) groups excluding carboxylic acids is 1. The molecule has 17 heavy (non-hydrogen) atoms. The van der Waals surface area contributed by atoms with Gasteiger partial charge in [-0.3, -0.25) is 10.1 Å². The first-order valence-corrected chi connectivity index (χ1v) is 6.37. The van der Waals surface area contributed by atoms with Crippen molar-refractivity contribution in [2.45, 2.75) is 25.8 Å².